The molecule has 0 aliphatic carbocycles. The third-order valence-electron chi connectivity index (χ3n) is 4.50. The lowest BCUT2D eigenvalue weighted by Gasteiger charge is -2.25. The maximum absolute atomic E-state index is 3.51. The molecule has 1 N–H and O–H groups in total. The van der Waals surface area contributed by atoms with E-state index in [2.05, 4.69) is 70.3 Å². The first-order valence-corrected chi connectivity index (χ1v) is 7.27. The van der Waals surface area contributed by atoms with Crippen LogP contribution in [0.15, 0.2) is 30.3 Å². The minimum Gasteiger partial charge on any atom is -0.309 e. The van der Waals surface area contributed by atoms with Crippen LogP contribution >= 0.6 is 0 Å². The molecular formula is C19H25N. The van der Waals surface area contributed by atoms with Gasteiger partial charge in [-0.25, -0.2) is 0 Å². The molecule has 0 amide bonds. The normalized spacial score (nSPS) is 12.5. The molecule has 0 spiro atoms. The number of hydrogen-bond acceptors (Lipinski definition) is 1. The average Bonchev–Trinajstić information content (AvgIpc) is 2.42. The van der Waals surface area contributed by atoms with Crippen LogP contribution in [0.1, 0.15) is 45.0 Å². The fourth-order valence-corrected chi connectivity index (χ4v) is 3.05. The van der Waals surface area contributed by atoms with Crippen molar-refractivity contribution in [3.05, 3.63) is 69.3 Å². The standard InChI is InChI=1S/C19H25N/c1-12-9-7-8-10-17(12)19(20-6)18-15(4)13(2)11-14(3)16(18)5/h7-11,19-20H,1-6H3. The zero-order valence-electron chi connectivity index (χ0n) is 13.5. The van der Waals surface area contributed by atoms with Crippen LogP contribution in [0.3, 0.4) is 0 Å². The van der Waals surface area contributed by atoms with E-state index >= 15 is 0 Å². The summed E-state index contributed by atoms with van der Waals surface area (Å²) < 4.78 is 0. The maximum Gasteiger partial charge on any atom is 0.0582 e. The van der Waals surface area contributed by atoms with E-state index in [9.17, 15) is 0 Å². The van der Waals surface area contributed by atoms with Gasteiger partial charge in [0.1, 0.15) is 0 Å². The maximum atomic E-state index is 3.51. The highest BCUT2D eigenvalue weighted by atomic mass is 14.9. The highest BCUT2D eigenvalue weighted by molar-refractivity contribution is 5.50. The Bertz CT molecular complexity index is 600. The van der Waals surface area contributed by atoms with E-state index in [0.717, 1.165) is 0 Å². The van der Waals surface area contributed by atoms with E-state index in [-0.39, 0.29) is 6.04 Å². The van der Waals surface area contributed by atoms with Gasteiger partial charge in [-0.15, -0.1) is 0 Å². The molecule has 2 aromatic carbocycles. The zero-order chi connectivity index (χ0) is 14.9. The van der Waals surface area contributed by atoms with E-state index < -0.39 is 0 Å². The van der Waals surface area contributed by atoms with Crippen LogP contribution in [0.4, 0.5) is 0 Å². The quantitative estimate of drug-likeness (QED) is 0.861. The lowest BCUT2D eigenvalue weighted by molar-refractivity contribution is 0.677. The molecule has 20 heavy (non-hydrogen) atoms. The van der Waals surface area contributed by atoms with Gasteiger partial charge in [0, 0.05) is 0 Å². The van der Waals surface area contributed by atoms with Crippen LogP contribution in [-0.2, 0) is 0 Å². The van der Waals surface area contributed by atoms with Gasteiger partial charge < -0.3 is 5.32 Å². The van der Waals surface area contributed by atoms with Crippen LogP contribution in [0.25, 0.3) is 0 Å². The highest BCUT2D eigenvalue weighted by Crippen LogP contribution is 2.32. The Morgan fingerprint density at radius 3 is 1.85 bits per heavy atom. The average molecular weight is 267 g/mol. The second-order valence-corrected chi connectivity index (χ2v) is 5.75. The van der Waals surface area contributed by atoms with Crippen LogP contribution in [0.5, 0.6) is 0 Å². The van der Waals surface area contributed by atoms with E-state index in [0.29, 0.717) is 0 Å². The number of aryl methyl sites for hydroxylation is 3. The molecule has 106 valence electrons. The van der Waals surface area contributed by atoms with E-state index in [4.69, 9.17) is 0 Å². The minimum atomic E-state index is 0.259. The summed E-state index contributed by atoms with van der Waals surface area (Å²) in [6, 6.07) is 11.2. The third kappa shape index (κ3) is 2.51. The topological polar surface area (TPSA) is 12.0 Å². The summed E-state index contributed by atoms with van der Waals surface area (Å²) in [5.74, 6) is 0. The predicted octanol–water partition coefficient (Wildman–Crippen LogP) is 4.54. The molecule has 1 atom stereocenters. The summed E-state index contributed by atoms with van der Waals surface area (Å²) in [5.41, 5.74) is 9.68. The smallest absolute Gasteiger partial charge is 0.0582 e. The van der Waals surface area contributed by atoms with Gasteiger partial charge in [-0.05, 0) is 80.6 Å². The van der Waals surface area contributed by atoms with Crippen LogP contribution in [0, 0.1) is 34.6 Å². The van der Waals surface area contributed by atoms with Crippen molar-refractivity contribution < 1.29 is 0 Å². The molecule has 0 fully saturated rings. The molecule has 1 nitrogen and oxygen atoms in total. The molecule has 0 aliphatic heterocycles. The fourth-order valence-electron chi connectivity index (χ4n) is 3.05. The molecule has 1 heteroatoms. The Kier molecular flexibility index (Phi) is 4.29. The molecular weight excluding hydrogens is 242 g/mol. The van der Waals surface area contributed by atoms with Gasteiger partial charge in [-0.1, -0.05) is 30.3 Å². The van der Waals surface area contributed by atoms with Gasteiger partial charge in [0.2, 0.25) is 0 Å². The minimum absolute atomic E-state index is 0.259. The van der Waals surface area contributed by atoms with Gasteiger partial charge >= 0.3 is 0 Å². The SMILES string of the molecule is CNC(c1ccccc1C)c1c(C)c(C)cc(C)c1C. The first-order chi connectivity index (χ1) is 9.47. The van der Waals surface area contributed by atoms with E-state index in [1.54, 1.807) is 0 Å². The third-order valence-corrected chi connectivity index (χ3v) is 4.50. The molecule has 2 rings (SSSR count). The van der Waals surface area contributed by atoms with E-state index in [1.807, 2.05) is 7.05 Å². The molecule has 0 aliphatic rings. The molecule has 0 saturated heterocycles. The van der Waals surface area contributed by atoms with Crippen molar-refractivity contribution in [1.82, 2.24) is 5.32 Å². The van der Waals surface area contributed by atoms with Crippen molar-refractivity contribution in [3.63, 3.8) is 0 Å². The summed E-state index contributed by atoms with van der Waals surface area (Å²) in [5, 5.41) is 3.51. The predicted molar refractivity (Wildman–Crippen MR) is 87.5 cm³/mol. The lowest BCUT2D eigenvalue weighted by atomic mass is 9.85. The summed E-state index contributed by atoms with van der Waals surface area (Å²) >= 11 is 0. The molecule has 2 aromatic rings. The Hall–Kier alpha value is -1.60. The molecule has 0 bridgehead atoms. The van der Waals surface area contributed by atoms with E-state index in [1.165, 1.54) is 38.9 Å². The van der Waals surface area contributed by atoms with Crippen molar-refractivity contribution in [2.75, 3.05) is 7.05 Å². The fraction of sp³-hybridized carbons (Fsp3) is 0.368. The lowest BCUT2D eigenvalue weighted by Crippen LogP contribution is -2.21. The number of rotatable bonds is 3. The molecule has 1 unspecified atom stereocenters. The summed E-state index contributed by atoms with van der Waals surface area (Å²) in [6.07, 6.45) is 0. The number of nitrogens with one attached hydrogen (secondary N) is 1. The largest absolute Gasteiger partial charge is 0.309 e. The van der Waals surface area contributed by atoms with Crippen LogP contribution in [-0.4, -0.2) is 7.05 Å². The Morgan fingerprint density at radius 1 is 0.800 bits per heavy atom. The van der Waals surface area contributed by atoms with Crippen molar-refractivity contribution >= 4 is 0 Å². The first kappa shape index (κ1) is 14.8. The first-order valence-electron chi connectivity index (χ1n) is 7.27. The van der Waals surface area contributed by atoms with Gasteiger partial charge in [-0.2, -0.15) is 0 Å². The van der Waals surface area contributed by atoms with Crippen molar-refractivity contribution in [1.29, 1.82) is 0 Å². The highest BCUT2D eigenvalue weighted by Gasteiger charge is 2.20. The van der Waals surface area contributed by atoms with Gasteiger partial charge in [0.15, 0.2) is 0 Å². The molecule has 0 radical (unpaired) electrons. The van der Waals surface area contributed by atoms with Crippen LogP contribution in [0.2, 0.25) is 0 Å². The molecule has 0 saturated carbocycles. The Labute approximate surface area is 123 Å². The number of benzene rings is 2. The Morgan fingerprint density at radius 2 is 1.35 bits per heavy atom. The molecule has 0 aromatic heterocycles. The van der Waals surface area contributed by atoms with Crippen LogP contribution < -0.4 is 5.32 Å². The van der Waals surface area contributed by atoms with Gasteiger partial charge in [-0.3, -0.25) is 0 Å². The monoisotopic (exact) mass is 267 g/mol. The molecule has 0 heterocycles. The van der Waals surface area contributed by atoms with Gasteiger partial charge in [0.05, 0.1) is 6.04 Å². The summed E-state index contributed by atoms with van der Waals surface area (Å²) in [4.78, 5) is 0. The second kappa shape index (κ2) is 5.80. The van der Waals surface area contributed by atoms with Gasteiger partial charge in [0.25, 0.3) is 0 Å². The zero-order valence-corrected chi connectivity index (χ0v) is 13.5. The number of hydrogen-bond donors (Lipinski definition) is 1. The summed E-state index contributed by atoms with van der Waals surface area (Å²) in [7, 11) is 2.05. The Balaban J connectivity index is 2.68. The van der Waals surface area contributed by atoms with Crippen molar-refractivity contribution in [2.24, 2.45) is 0 Å². The van der Waals surface area contributed by atoms with Crippen molar-refractivity contribution in [2.45, 2.75) is 40.7 Å². The summed E-state index contributed by atoms with van der Waals surface area (Å²) in [6.45, 7) is 11.1. The van der Waals surface area contributed by atoms with Crippen molar-refractivity contribution in [3.8, 4) is 0 Å². The second-order valence-electron chi connectivity index (χ2n) is 5.75.